The lowest BCUT2D eigenvalue weighted by Crippen LogP contribution is -2.31. The minimum absolute atomic E-state index is 0.156. The van der Waals surface area contributed by atoms with Crippen molar-refractivity contribution in [3.63, 3.8) is 0 Å². The molecule has 3 N–H and O–H groups in total. The summed E-state index contributed by atoms with van der Waals surface area (Å²) in [7, 11) is 1.57. The summed E-state index contributed by atoms with van der Waals surface area (Å²) in [5.41, 5.74) is 0.782. The van der Waals surface area contributed by atoms with E-state index in [1.54, 1.807) is 25.3 Å². The molecule has 108 valence electrons. The van der Waals surface area contributed by atoms with Crippen molar-refractivity contribution >= 4 is 6.03 Å². The highest BCUT2D eigenvalue weighted by Gasteiger charge is 2.34. The maximum Gasteiger partial charge on any atom is 0.315 e. The molecule has 0 aliphatic carbocycles. The van der Waals surface area contributed by atoms with Gasteiger partial charge in [0.15, 0.2) is 0 Å². The maximum absolute atomic E-state index is 11.4. The van der Waals surface area contributed by atoms with Gasteiger partial charge in [0.25, 0.3) is 0 Å². The zero-order valence-electron chi connectivity index (χ0n) is 11.3. The van der Waals surface area contributed by atoms with E-state index in [0.29, 0.717) is 18.1 Å². The van der Waals surface area contributed by atoms with Crippen molar-refractivity contribution in [1.29, 1.82) is 0 Å². The predicted molar refractivity (Wildman–Crippen MR) is 74.0 cm³/mol. The molecule has 0 spiro atoms. The van der Waals surface area contributed by atoms with Gasteiger partial charge < -0.3 is 25.2 Å². The summed E-state index contributed by atoms with van der Waals surface area (Å²) < 4.78 is 10.8. The lowest BCUT2D eigenvalue weighted by atomic mass is 10.00. The minimum atomic E-state index is -0.387. The normalized spacial score (nSPS) is 21.0. The van der Waals surface area contributed by atoms with Crippen molar-refractivity contribution in [2.75, 3.05) is 20.3 Å². The highest BCUT2D eigenvalue weighted by atomic mass is 16.5. The molecule has 0 aromatic heterocycles. The number of methoxy groups -OCH3 is 1. The number of rotatable bonds is 6. The summed E-state index contributed by atoms with van der Waals surface area (Å²) in [6.07, 6.45) is 1.64. The van der Waals surface area contributed by atoms with Gasteiger partial charge in [-0.25, -0.2) is 4.79 Å². The second-order valence-corrected chi connectivity index (χ2v) is 4.39. The molecule has 0 radical (unpaired) electrons. The predicted octanol–water partition coefficient (Wildman–Crippen LogP) is 0.975. The van der Waals surface area contributed by atoms with Crippen LogP contribution in [0.5, 0.6) is 11.5 Å². The molecular weight excluding hydrogens is 260 g/mol. The zero-order chi connectivity index (χ0) is 14.5. The van der Waals surface area contributed by atoms with Crippen LogP contribution in [-0.2, 0) is 0 Å². The van der Waals surface area contributed by atoms with Crippen LogP contribution in [0, 0.1) is 0 Å². The number of aliphatic hydroxyl groups excluding tert-OH is 1. The number of urea groups is 1. The van der Waals surface area contributed by atoms with E-state index in [-0.39, 0.29) is 24.7 Å². The summed E-state index contributed by atoms with van der Waals surface area (Å²) in [5, 5.41) is 14.8. The van der Waals surface area contributed by atoms with Gasteiger partial charge in [0.05, 0.1) is 25.8 Å². The van der Waals surface area contributed by atoms with Crippen LogP contribution >= 0.6 is 0 Å². The third-order valence-corrected chi connectivity index (χ3v) is 3.11. The fraction of sp³-hybridized carbons (Fsp3) is 0.357. The number of carbonyl (C=O) groups excluding carboxylic acids is 1. The summed E-state index contributed by atoms with van der Waals surface area (Å²) in [6, 6.07) is 4.31. The second kappa shape index (κ2) is 6.29. The van der Waals surface area contributed by atoms with Crippen LogP contribution in [0.1, 0.15) is 11.6 Å². The topological polar surface area (TPSA) is 79.8 Å². The summed E-state index contributed by atoms with van der Waals surface area (Å²) in [4.78, 5) is 11.4. The van der Waals surface area contributed by atoms with Gasteiger partial charge in [-0.2, -0.15) is 0 Å². The van der Waals surface area contributed by atoms with Crippen LogP contribution < -0.4 is 20.1 Å². The molecule has 1 fully saturated rings. The van der Waals surface area contributed by atoms with E-state index < -0.39 is 0 Å². The lowest BCUT2D eigenvalue weighted by Gasteiger charge is -2.20. The van der Waals surface area contributed by atoms with Gasteiger partial charge in [0, 0.05) is 11.6 Å². The molecule has 1 aliphatic heterocycles. The molecule has 6 nitrogen and oxygen atoms in total. The first-order valence-electron chi connectivity index (χ1n) is 6.29. The Labute approximate surface area is 117 Å². The van der Waals surface area contributed by atoms with Crippen LogP contribution in [0.2, 0.25) is 0 Å². The molecule has 1 aromatic rings. The molecular formula is C14H18N2O4. The molecule has 2 atom stereocenters. The first-order valence-corrected chi connectivity index (χ1v) is 6.29. The number of carbonyl (C=O) groups is 1. The van der Waals surface area contributed by atoms with E-state index in [0.717, 1.165) is 5.56 Å². The Morgan fingerprint density at radius 1 is 1.45 bits per heavy atom. The molecule has 1 heterocycles. The average molecular weight is 278 g/mol. The standard InChI is InChI=1S/C14H18N2O4/c1-3-6-20-12-7-9(19-2)4-5-10(12)13-11(8-17)15-14(18)16-13/h3-5,7,11,13,17H,1,6,8H2,2H3,(H2,15,16,18)/t11-,13+/m0/s1. The smallest absolute Gasteiger partial charge is 0.315 e. The number of amides is 2. The van der Waals surface area contributed by atoms with Gasteiger partial charge in [-0.05, 0) is 12.1 Å². The molecule has 1 aliphatic rings. The molecule has 1 aromatic carbocycles. The zero-order valence-corrected chi connectivity index (χ0v) is 11.3. The fourth-order valence-corrected chi connectivity index (χ4v) is 2.15. The molecule has 0 unspecified atom stereocenters. The SMILES string of the molecule is C=CCOc1cc(OC)ccc1[C@H]1NC(=O)N[C@H]1CO. The summed E-state index contributed by atoms with van der Waals surface area (Å²) in [5.74, 6) is 1.25. The van der Waals surface area contributed by atoms with Crippen molar-refractivity contribution in [2.24, 2.45) is 0 Å². The number of nitrogens with one attached hydrogen (secondary N) is 2. The summed E-state index contributed by atoms with van der Waals surface area (Å²) in [6.45, 7) is 3.80. The molecule has 0 saturated carbocycles. The van der Waals surface area contributed by atoms with Crippen LogP contribution in [0.3, 0.4) is 0 Å². The highest BCUT2D eigenvalue weighted by Crippen LogP contribution is 2.32. The summed E-state index contributed by atoms with van der Waals surface area (Å²) >= 11 is 0. The molecule has 0 bridgehead atoms. The second-order valence-electron chi connectivity index (χ2n) is 4.39. The Morgan fingerprint density at radius 3 is 2.90 bits per heavy atom. The monoisotopic (exact) mass is 278 g/mol. The fourth-order valence-electron chi connectivity index (χ4n) is 2.15. The maximum atomic E-state index is 11.4. The van der Waals surface area contributed by atoms with Gasteiger partial charge in [0.2, 0.25) is 0 Å². The number of ether oxygens (including phenoxy) is 2. The van der Waals surface area contributed by atoms with Crippen molar-refractivity contribution in [1.82, 2.24) is 10.6 Å². The highest BCUT2D eigenvalue weighted by molar-refractivity contribution is 5.78. The van der Waals surface area contributed by atoms with Crippen LogP contribution in [0.4, 0.5) is 4.79 Å². The van der Waals surface area contributed by atoms with Crippen LogP contribution in [-0.4, -0.2) is 37.5 Å². The molecule has 2 amide bonds. The van der Waals surface area contributed by atoms with Gasteiger partial charge >= 0.3 is 6.03 Å². The van der Waals surface area contributed by atoms with E-state index in [9.17, 15) is 9.90 Å². The van der Waals surface area contributed by atoms with E-state index in [4.69, 9.17) is 9.47 Å². The van der Waals surface area contributed by atoms with Crippen molar-refractivity contribution in [3.8, 4) is 11.5 Å². The number of hydrogen-bond acceptors (Lipinski definition) is 4. The van der Waals surface area contributed by atoms with E-state index in [2.05, 4.69) is 17.2 Å². The molecule has 1 saturated heterocycles. The number of hydrogen-bond donors (Lipinski definition) is 3. The first-order chi connectivity index (χ1) is 9.69. The Hall–Kier alpha value is -2.21. The lowest BCUT2D eigenvalue weighted by molar-refractivity contribution is 0.234. The molecule has 2 rings (SSSR count). The van der Waals surface area contributed by atoms with E-state index in [1.165, 1.54) is 0 Å². The minimum Gasteiger partial charge on any atom is -0.497 e. The van der Waals surface area contributed by atoms with E-state index >= 15 is 0 Å². The Bertz CT molecular complexity index is 504. The third-order valence-electron chi connectivity index (χ3n) is 3.11. The van der Waals surface area contributed by atoms with Gasteiger partial charge in [0.1, 0.15) is 18.1 Å². The Morgan fingerprint density at radius 2 is 2.25 bits per heavy atom. The van der Waals surface area contributed by atoms with Crippen molar-refractivity contribution in [3.05, 3.63) is 36.4 Å². The van der Waals surface area contributed by atoms with Crippen LogP contribution in [0.25, 0.3) is 0 Å². The first kappa shape index (κ1) is 14.2. The number of aliphatic hydroxyl groups is 1. The quantitative estimate of drug-likeness (QED) is 0.678. The Kier molecular flexibility index (Phi) is 4.47. The molecule has 6 heteroatoms. The van der Waals surface area contributed by atoms with Crippen LogP contribution in [0.15, 0.2) is 30.9 Å². The third kappa shape index (κ3) is 2.85. The van der Waals surface area contributed by atoms with Gasteiger partial charge in [-0.3, -0.25) is 0 Å². The van der Waals surface area contributed by atoms with Gasteiger partial charge in [-0.1, -0.05) is 12.7 Å². The van der Waals surface area contributed by atoms with Crippen molar-refractivity contribution < 1.29 is 19.4 Å². The number of benzene rings is 1. The van der Waals surface area contributed by atoms with Gasteiger partial charge in [-0.15, -0.1) is 0 Å². The van der Waals surface area contributed by atoms with E-state index in [1.807, 2.05) is 6.07 Å². The molecule has 20 heavy (non-hydrogen) atoms. The van der Waals surface area contributed by atoms with Crippen molar-refractivity contribution in [2.45, 2.75) is 12.1 Å². The average Bonchev–Trinajstić information content (AvgIpc) is 2.85. The Balaban J connectivity index is 2.33. The largest absolute Gasteiger partial charge is 0.497 e.